The Labute approximate surface area is 104 Å². The number of aromatic nitrogens is 1. The van der Waals surface area contributed by atoms with E-state index in [1.165, 1.54) is 37.2 Å². The van der Waals surface area contributed by atoms with Crippen molar-refractivity contribution >= 4 is 5.69 Å². The SMILES string of the molecule is CNCc1cnc(C)cc1N1CCCC(C)C1. The minimum atomic E-state index is 0.805. The fourth-order valence-electron chi connectivity index (χ4n) is 2.60. The van der Waals surface area contributed by atoms with E-state index >= 15 is 0 Å². The largest absolute Gasteiger partial charge is 0.371 e. The zero-order chi connectivity index (χ0) is 12.3. The number of hydrogen-bond acceptors (Lipinski definition) is 3. The van der Waals surface area contributed by atoms with Gasteiger partial charge in [0.1, 0.15) is 0 Å². The molecule has 1 fully saturated rings. The van der Waals surface area contributed by atoms with Crippen molar-refractivity contribution in [3.05, 3.63) is 23.5 Å². The highest BCUT2D eigenvalue weighted by atomic mass is 15.1. The van der Waals surface area contributed by atoms with Crippen LogP contribution < -0.4 is 10.2 Å². The summed E-state index contributed by atoms with van der Waals surface area (Å²) in [5, 5.41) is 3.23. The van der Waals surface area contributed by atoms with Crippen LogP contribution in [0, 0.1) is 12.8 Å². The predicted octanol–water partition coefficient (Wildman–Crippen LogP) is 2.35. The lowest BCUT2D eigenvalue weighted by atomic mass is 9.99. The molecule has 1 N–H and O–H groups in total. The van der Waals surface area contributed by atoms with Gasteiger partial charge in [-0.05, 0) is 38.8 Å². The van der Waals surface area contributed by atoms with Crippen LogP contribution in [0.2, 0.25) is 0 Å². The molecule has 1 atom stereocenters. The summed E-state index contributed by atoms with van der Waals surface area (Å²) in [6, 6.07) is 2.23. The van der Waals surface area contributed by atoms with Crippen LogP contribution in [0.4, 0.5) is 5.69 Å². The highest BCUT2D eigenvalue weighted by molar-refractivity contribution is 5.54. The number of piperidine rings is 1. The van der Waals surface area contributed by atoms with Crippen LogP contribution in [0.15, 0.2) is 12.3 Å². The molecule has 2 heterocycles. The molecule has 2 rings (SSSR count). The first-order valence-corrected chi connectivity index (χ1v) is 6.55. The van der Waals surface area contributed by atoms with Gasteiger partial charge in [-0.15, -0.1) is 0 Å². The van der Waals surface area contributed by atoms with E-state index in [0.29, 0.717) is 0 Å². The van der Waals surface area contributed by atoms with Gasteiger partial charge in [-0.25, -0.2) is 0 Å². The Balaban J connectivity index is 2.25. The molecule has 1 aliphatic heterocycles. The van der Waals surface area contributed by atoms with Gasteiger partial charge in [-0.3, -0.25) is 4.98 Å². The molecule has 94 valence electrons. The molecule has 17 heavy (non-hydrogen) atoms. The van der Waals surface area contributed by atoms with Crippen molar-refractivity contribution in [3.8, 4) is 0 Å². The minimum absolute atomic E-state index is 0.805. The van der Waals surface area contributed by atoms with Gasteiger partial charge in [-0.2, -0.15) is 0 Å². The molecule has 1 aromatic heterocycles. The standard InChI is InChI=1S/C14H23N3/c1-11-5-4-6-17(10-11)14-7-12(2)16-9-13(14)8-15-3/h7,9,11,15H,4-6,8,10H2,1-3H3. The maximum Gasteiger partial charge on any atom is 0.0445 e. The van der Waals surface area contributed by atoms with E-state index < -0.39 is 0 Å². The van der Waals surface area contributed by atoms with Crippen molar-refractivity contribution in [2.45, 2.75) is 33.2 Å². The third-order valence-corrected chi connectivity index (χ3v) is 3.46. The van der Waals surface area contributed by atoms with Crippen molar-refractivity contribution in [2.75, 3.05) is 25.0 Å². The number of anilines is 1. The van der Waals surface area contributed by atoms with Crippen LogP contribution in [0.1, 0.15) is 31.0 Å². The van der Waals surface area contributed by atoms with E-state index in [2.05, 4.69) is 35.1 Å². The summed E-state index contributed by atoms with van der Waals surface area (Å²) in [7, 11) is 1.99. The fourth-order valence-corrected chi connectivity index (χ4v) is 2.60. The van der Waals surface area contributed by atoms with Crippen LogP contribution in [0.5, 0.6) is 0 Å². The normalized spacial score (nSPS) is 20.6. The molecule has 0 bridgehead atoms. The molecule has 0 radical (unpaired) electrons. The molecule has 1 aliphatic rings. The second kappa shape index (κ2) is 5.50. The average molecular weight is 233 g/mol. The topological polar surface area (TPSA) is 28.2 Å². The number of pyridine rings is 1. The summed E-state index contributed by atoms with van der Waals surface area (Å²) in [6.45, 7) is 7.68. The summed E-state index contributed by atoms with van der Waals surface area (Å²) in [5.74, 6) is 0.805. The molecule has 1 unspecified atom stereocenters. The van der Waals surface area contributed by atoms with E-state index in [4.69, 9.17) is 0 Å². The smallest absolute Gasteiger partial charge is 0.0445 e. The van der Waals surface area contributed by atoms with Crippen molar-refractivity contribution in [2.24, 2.45) is 5.92 Å². The van der Waals surface area contributed by atoms with Gasteiger partial charge in [0.05, 0.1) is 0 Å². The fraction of sp³-hybridized carbons (Fsp3) is 0.643. The highest BCUT2D eigenvalue weighted by Crippen LogP contribution is 2.26. The Hall–Kier alpha value is -1.09. The number of aryl methyl sites for hydroxylation is 1. The highest BCUT2D eigenvalue weighted by Gasteiger charge is 2.18. The van der Waals surface area contributed by atoms with E-state index in [0.717, 1.165) is 18.2 Å². The second-order valence-corrected chi connectivity index (χ2v) is 5.18. The number of nitrogens with zero attached hydrogens (tertiary/aromatic N) is 2. The van der Waals surface area contributed by atoms with Crippen LogP contribution >= 0.6 is 0 Å². The van der Waals surface area contributed by atoms with E-state index in [-0.39, 0.29) is 0 Å². The Morgan fingerprint density at radius 2 is 2.35 bits per heavy atom. The molecule has 0 spiro atoms. The summed E-state index contributed by atoms with van der Waals surface area (Å²) >= 11 is 0. The summed E-state index contributed by atoms with van der Waals surface area (Å²) < 4.78 is 0. The summed E-state index contributed by atoms with van der Waals surface area (Å²) in [6.07, 6.45) is 4.68. The quantitative estimate of drug-likeness (QED) is 0.868. The first-order chi connectivity index (χ1) is 8.20. The van der Waals surface area contributed by atoms with Gasteiger partial charge in [0.25, 0.3) is 0 Å². The molecular weight excluding hydrogens is 210 g/mol. The third kappa shape index (κ3) is 2.97. The van der Waals surface area contributed by atoms with E-state index in [9.17, 15) is 0 Å². The van der Waals surface area contributed by atoms with Crippen LogP contribution in [-0.2, 0) is 6.54 Å². The Morgan fingerprint density at radius 3 is 3.06 bits per heavy atom. The first-order valence-electron chi connectivity index (χ1n) is 6.55. The molecule has 1 saturated heterocycles. The monoisotopic (exact) mass is 233 g/mol. The Bertz CT molecular complexity index is 376. The molecular formula is C14H23N3. The molecule has 3 heteroatoms. The number of hydrogen-bond donors (Lipinski definition) is 1. The lowest BCUT2D eigenvalue weighted by Gasteiger charge is -2.34. The molecule has 0 aliphatic carbocycles. The molecule has 1 aromatic rings. The van der Waals surface area contributed by atoms with Crippen LogP contribution in [0.25, 0.3) is 0 Å². The van der Waals surface area contributed by atoms with Gasteiger partial charge in [0.2, 0.25) is 0 Å². The Morgan fingerprint density at radius 1 is 1.53 bits per heavy atom. The van der Waals surface area contributed by atoms with Crippen LogP contribution in [-0.4, -0.2) is 25.1 Å². The van der Waals surface area contributed by atoms with Crippen molar-refractivity contribution in [1.82, 2.24) is 10.3 Å². The predicted molar refractivity (Wildman–Crippen MR) is 72.3 cm³/mol. The maximum absolute atomic E-state index is 4.41. The van der Waals surface area contributed by atoms with Crippen molar-refractivity contribution in [3.63, 3.8) is 0 Å². The third-order valence-electron chi connectivity index (χ3n) is 3.46. The van der Waals surface area contributed by atoms with E-state index in [1.54, 1.807) is 0 Å². The van der Waals surface area contributed by atoms with Gasteiger partial charge < -0.3 is 10.2 Å². The Kier molecular flexibility index (Phi) is 4.00. The lowest BCUT2D eigenvalue weighted by molar-refractivity contribution is 0.446. The summed E-state index contributed by atoms with van der Waals surface area (Å²) in [5.41, 5.74) is 3.80. The van der Waals surface area contributed by atoms with Gasteiger partial charge in [-0.1, -0.05) is 6.92 Å². The molecule has 3 nitrogen and oxygen atoms in total. The van der Waals surface area contributed by atoms with E-state index in [1.807, 2.05) is 13.2 Å². The zero-order valence-electron chi connectivity index (χ0n) is 11.2. The summed E-state index contributed by atoms with van der Waals surface area (Å²) in [4.78, 5) is 6.93. The lowest BCUT2D eigenvalue weighted by Crippen LogP contribution is -2.35. The van der Waals surface area contributed by atoms with Gasteiger partial charge in [0.15, 0.2) is 0 Å². The molecule has 0 amide bonds. The number of rotatable bonds is 3. The second-order valence-electron chi connectivity index (χ2n) is 5.18. The van der Waals surface area contributed by atoms with Crippen molar-refractivity contribution < 1.29 is 0 Å². The average Bonchev–Trinajstić information content (AvgIpc) is 2.32. The van der Waals surface area contributed by atoms with Gasteiger partial charge >= 0.3 is 0 Å². The van der Waals surface area contributed by atoms with Crippen molar-refractivity contribution in [1.29, 1.82) is 0 Å². The molecule has 0 aromatic carbocycles. The molecule has 0 saturated carbocycles. The van der Waals surface area contributed by atoms with Gasteiger partial charge in [0, 0.05) is 42.8 Å². The minimum Gasteiger partial charge on any atom is -0.371 e. The first kappa shape index (κ1) is 12.4. The van der Waals surface area contributed by atoms with Crippen LogP contribution in [0.3, 0.4) is 0 Å². The maximum atomic E-state index is 4.41. The zero-order valence-corrected chi connectivity index (χ0v) is 11.2. The number of nitrogens with one attached hydrogen (secondary N) is 1.